The van der Waals surface area contributed by atoms with Crippen LogP contribution in [-0.4, -0.2) is 35.9 Å². The molecule has 1 saturated heterocycles. The van der Waals surface area contributed by atoms with Crippen molar-refractivity contribution in [2.24, 2.45) is 0 Å². The first-order valence-corrected chi connectivity index (χ1v) is 8.07. The minimum Gasteiger partial charge on any atom is -0.426 e. The van der Waals surface area contributed by atoms with Gasteiger partial charge in [-0.15, -0.1) is 11.3 Å². The van der Waals surface area contributed by atoms with Crippen molar-refractivity contribution >= 4 is 30.1 Å². The molecule has 0 aromatic carbocycles. The average Bonchev–Trinajstić information content (AvgIpc) is 2.83. The van der Waals surface area contributed by atoms with Crippen molar-refractivity contribution in [2.75, 3.05) is 0 Å². The molecule has 0 aliphatic carbocycles. The number of ketones is 1. The Morgan fingerprint density at radius 3 is 3.00 bits per heavy atom. The normalized spacial score (nSPS) is 22.7. The van der Waals surface area contributed by atoms with Gasteiger partial charge in [-0.3, -0.25) is 9.59 Å². The molecule has 1 unspecified atom stereocenters. The lowest BCUT2D eigenvalue weighted by molar-refractivity contribution is -0.121. The van der Waals surface area contributed by atoms with Crippen LogP contribution in [0.5, 0.6) is 0 Å². The Morgan fingerprint density at radius 2 is 2.33 bits per heavy atom. The predicted molar refractivity (Wildman–Crippen MR) is 81.9 cm³/mol. The molecule has 1 amide bonds. The summed E-state index contributed by atoms with van der Waals surface area (Å²) in [6, 6.07) is 3.82. The number of thiophene rings is 1. The Morgan fingerprint density at radius 1 is 1.52 bits per heavy atom. The third kappa shape index (κ3) is 5.26. The van der Waals surface area contributed by atoms with Crippen molar-refractivity contribution in [3.8, 4) is 0 Å². The molecule has 21 heavy (non-hydrogen) atoms. The SMILES string of the molecule is CC(=O)CC1CCC[C@H](NC(=O)Cc2cccs2)B(O)O1. The fraction of sp³-hybridized carbons (Fsp3) is 0.571. The van der Waals surface area contributed by atoms with E-state index in [0.29, 0.717) is 19.3 Å². The van der Waals surface area contributed by atoms with Crippen molar-refractivity contribution in [2.45, 2.75) is 51.1 Å². The minimum absolute atomic E-state index is 0.0485. The lowest BCUT2D eigenvalue weighted by Gasteiger charge is -2.20. The fourth-order valence-electron chi connectivity index (χ4n) is 2.51. The smallest absolute Gasteiger partial charge is 0.426 e. The summed E-state index contributed by atoms with van der Waals surface area (Å²) in [5.74, 6) is -0.475. The zero-order chi connectivity index (χ0) is 15.2. The molecule has 0 radical (unpaired) electrons. The summed E-state index contributed by atoms with van der Waals surface area (Å²) >= 11 is 1.53. The van der Waals surface area contributed by atoms with Gasteiger partial charge >= 0.3 is 7.12 Å². The Bertz CT molecular complexity index is 479. The maximum absolute atomic E-state index is 12.0. The van der Waals surface area contributed by atoms with Gasteiger partial charge in [0.1, 0.15) is 5.78 Å². The van der Waals surface area contributed by atoms with Crippen LogP contribution >= 0.6 is 11.3 Å². The van der Waals surface area contributed by atoms with Gasteiger partial charge in [-0.25, -0.2) is 0 Å². The lowest BCUT2D eigenvalue weighted by Crippen LogP contribution is -2.48. The summed E-state index contributed by atoms with van der Waals surface area (Å²) < 4.78 is 5.49. The van der Waals surface area contributed by atoms with E-state index >= 15 is 0 Å². The summed E-state index contributed by atoms with van der Waals surface area (Å²) in [5.41, 5.74) is 0. The predicted octanol–water partition coefficient (Wildman–Crippen LogP) is 1.34. The fourth-order valence-corrected chi connectivity index (χ4v) is 3.22. The van der Waals surface area contributed by atoms with E-state index in [2.05, 4.69) is 5.32 Å². The number of carbonyl (C=O) groups excluding carboxylic acids is 2. The van der Waals surface area contributed by atoms with Gasteiger partial charge in [-0.05, 0) is 37.6 Å². The first kappa shape index (κ1) is 16.2. The topological polar surface area (TPSA) is 75.6 Å². The molecule has 2 rings (SSSR count). The van der Waals surface area contributed by atoms with Crippen molar-refractivity contribution in [1.29, 1.82) is 0 Å². The van der Waals surface area contributed by atoms with Crippen LogP contribution in [0.2, 0.25) is 0 Å². The van der Waals surface area contributed by atoms with E-state index in [9.17, 15) is 14.6 Å². The number of nitrogens with one attached hydrogen (secondary N) is 1. The molecule has 114 valence electrons. The van der Waals surface area contributed by atoms with Gasteiger partial charge in [-0.2, -0.15) is 0 Å². The molecule has 7 heteroatoms. The van der Waals surface area contributed by atoms with Crippen LogP contribution in [0.25, 0.3) is 0 Å². The third-order valence-corrected chi connectivity index (χ3v) is 4.37. The Balaban J connectivity index is 1.85. The lowest BCUT2D eigenvalue weighted by atomic mass is 9.76. The van der Waals surface area contributed by atoms with Gasteiger partial charge in [0.25, 0.3) is 0 Å². The molecule has 5 nitrogen and oxygen atoms in total. The maximum atomic E-state index is 12.0. The van der Waals surface area contributed by atoms with E-state index in [1.807, 2.05) is 17.5 Å². The number of amides is 1. The zero-order valence-corrected chi connectivity index (χ0v) is 12.9. The van der Waals surface area contributed by atoms with Crippen LogP contribution in [0, 0.1) is 0 Å². The molecule has 0 bridgehead atoms. The van der Waals surface area contributed by atoms with Gasteiger partial charge < -0.3 is 15.0 Å². The van der Waals surface area contributed by atoms with Crippen LogP contribution in [0.3, 0.4) is 0 Å². The van der Waals surface area contributed by atoms with Crippen LogP contribution in [0.15, 0.2) is 17.5 Å². The van der Waals surface area contributed by atoms with Gasteiger partial charge in [0.05, 0.1) is 12.4 Å². The van der Waals surface area contributed by atoms with Crippen molar-refractivity contribution in [3.05, 3.63) is 22.4 Å². The quantitative estimate of drug-likeness (QED) is 0.805. The largest absolute Gasteiger partial charge is 0.478 e. The first-order chi connectivity index (χ1) is 10.0. The second-order valence-corrected chi connectivity index (χ2v) is 6.45. The highest BCUT2D eigenvalue weighted by atomic mass is 32.1. The van der Waals surface area contributed by atoms with Gasteiger partial charge in [0.15, 0.2) is 0 Å². The molecule has 1 aromatic heterocycles. The molecule has 1 aliphatic rings. The average molecular weight is 309 g/mol. The number of carbonyl (C=O) groups is 2. The van der Waals surface area contributed by atoms with E-state index in [1.54, 1.807) is 0 Å². The third-order valence-electron chi connectivity index (χ3n) is 3.49. The molecule has 1 aromatic rings. The summed E-state index contributed by atoms with van der Waals surface area (Å²) in [5, 5.41) is 14.8. The molecular formula is C14H20BNO4S. The Hall–Kier alpha value is -1.18. The Labute approximate surface area is 128 Å². The first-order valence-electron chi connectivity index (χ1n) is 7.19. The van der Waals surface area contributed by atoms with E-state index in [4.69, 9.17) is 4.65 Å². The van der Waals surface area contributed by atoms with Gasteiger partial charge in [0, 0.05) is 17.4 Å². The van der Waals surface area contributed by atoms with E-state index < -0.39 is 13.1 Å². The summed E-state index contributed by atoms with van der Waals surface area (Å²) in [6.45, 7) is 1.51. The minimum atomic E-state index is -1.05. The number of hydrogen-bond acceptors (Lipinski definition) is 5. The summed E-state index contributed by atoms with van der Waals surface area (Å²) in [7, 11) is -1.05. The van der Waals surface area contributed by atoms with Crippen molar-refractivity contribution in [3.63, 3.8) is 0 Å². The molecule has 0 spiro atoms. The van der Waals surface area contributed by atoms with Crippen LogP contribution in [-0.2, 0) is 20.7 Å². The number of Topliss-reactive ketones (excluding diaryl/α,β-unsaturated/α-hetero) is 1. The second-order valence-electron chi connectivity index (χ2n) is 5.42. The van der Waals surface area contributed by atoms with E-state index in [-0.39, 0.29) is 17.8 Å². The van der Waals surface area contributed by atoms with Crippen LogP contribution in [0.1, 0.15) is 37.5 Å². The Kier molecular flexibility index (Phi) is 5.96. The molecule has 1 aliphatic heterocycles. The number of rotatable bonds is 5. The molecule has 0 saturated carbocycles. The van der Waals surface area contributed by atoms with Crippen LogP contribution in [0.4, 0.5) is 0 Å². The molecule has 2 heterocycles. The standard InChI is InChI=1S/C14H20BNO4S/c1-10(17)8-11-4-2-6-13(15(19)20-11)16-14(18)9-12-5-3-7-21-12/h3,5,7,11,13,19H,2,4,6,8-9H2,1H3,(H,16,18)/t11?,13-/m0/s1. The monoisotopic (exact) mass is 309 g/mol. The number of hydrogen-bond donors (Lipinski definition) is 2. The van der Waals surface area contributed by atoms with E-state index in [0.717, 1.165) is 17.7 Å². The van der Waals surface area contributed by atoms with E-state index in [1.165, 1.54) is 18.3 Å². The van der Waals surface area contributed by atoms with Gasteiger partial charge in [-0.1, -0.05) is 6.07 Å². The highest BCUT2D eigenvalue weighted by Gasteiger charge is 2.34. The highest BCUT2D eigenvalue weighted by Crippen LogP contribution is 2.19. The van der Waals surface area contributed by atoms with Crippen LogP contribution < -0.4 is 5.32 Å². The second kappa shape index (κ2) is 7.73. The summed E-state index contributed by atoms with van der Waals surface area (Å²) in [4.78, 5) is 24.1. The maximum Gasteiger partial charge on any atom is 0.478 e. The molecule has 1 fully saturated rings. The zero-order valence-electron chi connectivity index (χ0n) is 12.1. The molecule has 2 N–H and O–H groups in total. The van der Waals surface area contributed by atoms with Crippen molar-refractivity contribution < 1.29 is 19.3 Å². The molecular weight excluding hydrogens is 289 g/mol. The van der Waals surface area contributed by atoms with Gasteiger partial charge in [0.2, 0.25) is 5.91 Å². The molecule has 2 atom stereocenters. The van der Waals surface area contributed by atoms with Crippen molar-refractivity contribution in [1.82, 2.24) is 5.32 Å². The summed E-state index contributed by atoms with van der Waals surface area (Å²) in [6.07, 6.45) is 2.58. The highest BCUT2D eigenvalue weighted by molar-refractivity contribution is 7.10.